The minimum atomic E-state index is -0.910. The van der Waals surface area contributed by atoms with Crippen molar-refractivity contribution in [1.29, 1.82) is 0 Å². The molecule has 2 aromatic heterocycles. The van der Waals surface area contributed by atoms with Crippen molar-refractivity contribution in [3.8, 4) is 11.3 Å². The number of anilines is 1. The molecule has 1 fully saturated rings. The van der Waals surface area contributed by atoms with Gasteiger partial charge >= 0.3 is 5.97 Å². The Morgan fingerprint density at radius 1 is 1.17 bits per heavy atom. The number of hydrogen-bond donors (Lipinski definition) is 2. The molecule has 192 valence electrons. The highest BCUT2D eigenvalue weighted by Gasteiger charge is 2.31. The number of hydrogen-bond acceptors (Lipinski definition) is 6. The highest BCUT2D eigenvalue weighted by molar-refractivity contribution is 6.30. The standard InChI is InChI=1S/C26H32ClN5O4/c1-2-3-4-13-31-23(30-14-12-28-16-21(30)22(33)6-5-7-25(35)36)15-24(34)32-17-20(29-26(31)32)18-8-10-19(27)11-9-18/h8-11,15,17,21,28H,2-7,12-14,16H2,1H3,(H,35,36)/t21-/m1/s1. The number of carbonyl (C=O) groups excluding carboxylic acids is 1. The maximum Gasteiger partial charge on any atom is 0.303 e. The van der Waals surface area contributed by atoms with Gasteiger partial charge in [0.2, 0.25) is 5.78 Å². The van der Waals surface area contributed by atoms with Gasteiger partial charge < -0.3 is 15.3 Å². The molecule has 0 spiro atoms. The molecule has 4 rings (SSSR count). The quantitative estimate of drug-likeness (QED) is 0.377. The van der Waals surface area contributed by atoms with Gasteiger partial charge in [-0.05, 0) is 25.0 Å². The second-order valence-corrected chi connectivity index (χ2v) is 9.57. The smallest absolute Gasteiger partial charge is 0.303 e. The first-order valence-electron chi connectivity index (χ1n) is 12.5. The second kappa shape index (κ2) is 11.7. The van der Waals surface area contributed by atoms with E-state index in [0.29, 0.717) is 54.9 Å². The number of unbranched alkanes of at least 4 members (excludes halogenated alkanes) is 2. The van der Waals surface area contributed by atoms with Crippen molar-refractivity contribution in [3.63, 3.8) is 0 Å². The topological polar surface area (TPSA) is 109 Å². The van der Waals surface area contributed by atoms with Crippen LogP contribution in [0.5, 0.6) is 0 Å². The summed E-state index contributed by atoms with van der Waals surface area (Å²) in [5.41, 5.74) is 1.32. The number of imidazole rings is 1. The molecule has 0 radical (unpaired) electrons. The Kier molecular flexibility index (Phi) is 8.43. The SMILES string of the molecule is CCCCCn1c(N2CCNC[C@@H]2C(=O)CCCC(=O)O)cc(=O)n2cc(-c3ccc(Cl)cc3)nc12. The van der Waals surface area contributed by atoms with Crippen LogP contribution in [0.4, 0.5) is 5.82 Å². The van der Waals surface area contributed by atoms with Crippen molar-refractivity contribution in [3.05, 3.63) is 51.9 Å². The first-order chi connectivity index (χ1) is 17.4. The van der Waals surface area contributed by atoms with E-state index in [1.165, 1.54) is 0 Å². The lowest BCUT2D eigenvalue weighted by Gasteiger charge is -2.38. The molecule has 0 aliphatic carbocycles. The van der Waals surface area contributed by atoms with Crippen molar-refractivity contribution in [2.45, 2.75) is 58.0 Å². The molecule has 0 saturated carbocycles. The number of fused-ring (bicyclic) bond motifs is 1. The lowest BCUT2D eigenvalue weighted by atomic mass is 10.0. The third-order valence-corrected chi connectivity index (χ3v) is 6.80. The molecule has 10 heteroatoms. The highest BCUT2D eigenvalue weighted by Crippen LogP contribution is 2.25. The molecular formula is C26H32ClN5O4. The van der Waals surface area contributed by atoms with Gasteiger partial charge in [-0.3, -0.25) is 23.4 Å². The van der Waals surface area contributed by atoms with E-state index in [0.717, 1.165) is 24.8 Å². The van der Waals surface area contributed by atoms with Crippen LogP contribution in [0.15, 0.2) is 41.3 Å². The Hall–Kier alpha value is -3.17. The zero-order valence-electron chi connectivity index (χ0n) is 20.5. The Morgan fingerprint density at radius 2 is 1.94 bits per heavy atom. The number of benzene rings is 1. The number of carbonyl (C=O) groups is 2. The molecule has 0 amide bonds. The number of carboxylic acid groups (broad SMARTS) is 1. The van der Waals surface area contributed by atoms with Gasteiger partial charge in [-0.1, -0.05) is 43.5 Å². The molecule has 0 bridgehead atoms. The van der Waals surface area contributed by atoms with Crippen LogP contribution in [-0.2, 0) is 16.1 Å². The Balaban J connectivity index is 1.75. The normalized spacial score (nSPS) is 15.9. The number of rotatable bonds is 11. The van der Waals surface area contributed by atoms with Gasteiger partial charge in [0.25, 0.3) is 5.56 Å². The van der Waals surface area contributed by atoms with Crippen LogP contribution < -0.4 is 15.8 Å². The minimum absolute atomic E-state index is 0.0268. The predicted octanol–water partition coefficient (Wildman–Crippen LogP) is 3.61. The summed E-state index contributed by atoms with van der Waals surface area (Å²) in [6, 6.07) is 8.45. The van der Waals surface area contributed by atoms with Gasteiger partial charge in [-0.25, -0.2) is 4.98 Å². The number of aromatic nitrogens is 3. The molecule has 1 aliphatic rings. The van der Waals surface area contributed by atoms with Crippen LogP contribution in [0.25, 0.3) is 17.0 Å². The Bertz CT molecular complexity index is 1280. The number of nitrogens with zero attached hydrogens (tertiary/aromatic N) is 4. The average Bonchev–Trinajstić information content (AvgIpc) is 3.32. The number of carboxylic acids is 1. The average molecular weight is 514 g/mol. The molecule has 9 nitrogen and oxygen atoms in total. The number of aliphatic carboxylic acids is 1. The van der Waals surface area contributed by atoms with Crippen LogP contribution >= 0.6 is 11.6 Å². The molecule has 2 N–H and O–H groups in total. The van der Waals surface area contributed by atoms with Gasteiger partial charge in [-0.2, -0.15) is 0 Å². The largest absolute Gasteiger partial charge is 0.481 e. The van der Waals surface area contributed by atoms with Gasteiger partial charge in [0.05, 0.1) is 5.69 Å². The first-order valence-corrected chi connectivity index (χ1v) is 12.9. The van der Waals surface area contributed by atoms with Crippen LogP contribution in [0.1, 0.15) is 45.4 Å². The van der Waals surface area contributed by atoms with Crippen molar-refractivity contribution < 1.29 is 14.7 Å². The number of piperazine rings is 1. The maximum atomic E-state index is 13.2. The summed E-state index contributed by atoms with van der Waals surface area (Å²) >= 11 is 6.05. The molecule has 1 aliphatic heterocycles. The highest BCUT2D eigenvalue weighted by atomic mass is 35.5. The van der Waals surface area contributed by atoms with Gasteiger partial charge in [0, 0.05) is 61.9 Å². The number of halogens is 1. The van der Waals surface area contributed by atoms with Crippen LogP contribution in [0.3, 0.4) is 0 Å². The van der Waals surface area contributed by atoms with Gasteiger partial charge in [0.1, 0.15) is 11.9 Å². The van der Waals surface area contributed by atoms with Gasteiger partial charge in [-0.15, -0.1) is 0 Å². The summed E-state index contributed by atoms with van der Waals surface area (Å²) in [4.78, 5) is 44.1. The van der Waals surface area contributed by atoms with Crippen LogP contribution in [0, 0.1) is 0 Å². The lowest BCUT2D eigenvalue weighted by molar-refractivity contribution is -0.137. The first kappa shape index (κ1) is 25.9. The van der Waals surface area contributed by atoms with Crippen molar-refractivity contribution in [2.24, 2.45) is 0 Å². The molecule has 3 heterocycles. The summed E-state index contributed by atoms with van der Waals surface area (Å²) in [6.45, 7) is 4.48. The van der Waals surface area contributed by atoms with E-state index in [2.05, 4.69) is 12.2 Å². The summed E-state index contributed by atoms with van der Waals surface area (Å²) in [5.74, 6) is 0.276. The van der Waals surface area contributed by atoms with Crippen LogP contribution in [0.2, 0.25) is 5.02 Å². The van der Waals surface area contributed by atoms with E-state index in [1.54, 1.807) is 28.8 Å². The van der Waals surface area contributed by atoms with E-state index in [4.69, 9.17) is 21.7 Å². The zero-order chi connectivity index (χ0) is 25.7. The second-order valence-electron chi connectivity index (χ2n) is 9.13. The van der Waals surface area contributed by atoms with Crippen LogP contribution in [-0.4, -0.2) is 56.5 Å². The van der Waals surface area contributed by atoms with E-state index < -0.39 is 12.0 Å². The molecule has 1 saturated heterocycles. The third-order valence-electron chi connectivity index (χ3n) is 6.54. The number of nitrogens with one attached hydrogen (secondary N) is 1. The number of aryl methyl sites for hydroxylation is 1. The van der Waals surface area contributed by atoms with E-state index in [1.807, 2.05) is 21.6 Å². The lowest BCUT2D eigenvalue weighted by Crippen LogP contribution is -2.56. The van der Waals surface area contributed by atoms with Crippen molar-refractivity contribution >= 4 is 34.9 Å². The summed E-state index contributed by atoms with van der Waals surface area (Å²) < 4.78 is 3.60. The Morgan fingerprint density at radius 3 is 2.67 bits per heavy atom. The molecule has 1 aromatic carbocycles. The summed E-state index contributed by atoms with van der Waals surface area (Å²) in [5, 5.41) is 12.8. The van der Waals surface area contributed by atoms with Crippen molar-refractivity contribution in [1.82, 2.24) is 19.3 Å². The number of Topliss-reactive ketones (excluding diaryl/α,β-unsaturated/α-hetero) is 1. The minimum Gasteiger partial charge on any atom is -0.481 e. The predicted molar refractivity (Wildman–Crippen MR) is 140 cm³/mol. The molecule has 36 heavy (non-hydrogen) atoms. The monoisotopic (exact) mass is 513 g/mol. The molecule has 1 atom stereocenters. The fourth-order valence-electron chi connectivity index (χ4n) is 4.66. The van der Waals surface area contributed by atoms with E-state index in [-0.39, 0.29) is 24.2 Å². The molecule has 3 aromatic rings. The van der Waals surface area contributed by atoms with Crippen molar-refractivity contribution in [2.75, 3.05) is 24.5 Å². The fourth-order valence-corrected chi connectivity index (χ4v) is 4.79. The zero-order valence-corrected chi connectivity index (χ0v) is 21.2. The number of ketones is 1. The maximum absolute atomic E-state index is 13.2. The Labute approximate surface area is 214 Å². The van der Waals surface area contributed by atoms with Gasteiger partial charge in [0.15, 0.2) is 5.78 Å². The third kappa shape index (κ3) is 5.79. The van der Waals surface area contributed by atoms with E-state index in [9.17, 15) is 14.4 Å². The molecule has 0 unspecified atom stereocenters. The summed E-state index contributed by atoms with van der Waals surface area (Å²) in [7, 11) is 0. The summed E-state index contributed by atoms with van der Waals surface area (Å²) in [6.07, 6.45) is 5.17. The molecular weight excluding hydrogens is 482 g/mol. The fraction of sp³-hybridized carbons (Fsp3) is 0.462. The van der Waals surface area contributed by atoms with E-state index >= 15 is 0 Å².